The summed E-state index contributed by atoms with van der Waals surface area (Å²) in [6.45, 7) is 1.01. The van der Waals surface area contributed by atoms with Gasteiger partial charge < -0.3 is 24.8 Å². The van der Waals surface area contributed by atoms with Crippen LogP contribution in [0.25, 0.3) is 0 Å². The van der Waals surface area contributed by atoms with Gasteiger partial charge in [0.2, 0.25) is 5.88 Å². The number of aromatic nitrogens is 1. The fourth-order valence-corrected chi connectivity index (χ4v) is 7.52. The molecule has 4 saturated carbocycles. The first kappa shape index (κ1) is 26.1. The van der Waals surface area contributed by atoms with Crippen LogP contribution < -0.4 is 15.0 Å². The molecule has 204 valence electrons. The average Bonchev–Trinajstić information content (AvgIpc) is 2.83. The summed E-state index contributed by atoms with van der Waals surface area (Å²) in [5, 5.41) is 12.4. The number of amides is 1. The molecule has 1 aromatic heterocycles. The smallest absolute Gasteiger partial charge is 0.345 e. The SMILES string of the molecule is CCCOc1nc(N2CCC[C@@H](CC(=O)O)C2)ccc1C(=O)N[C@H]1C2CC3CC1C[C@](OC(F)F)(C3)C2. The van der Waals surface area contributed by atoms with Crippen LogP contribution in [-0.4, -0.2) is 59.9 Å². The molecule has 5 fully saturated rings. The summed E-state index contributed by atoms with van der Waals surface area (Å²) >= 11 is 0. The monoisotopic (exact) mass is 521 g/mol. The minimum absolute atomic E-state index is 0.0605. The summed E-state index contributed by atoms with van der Waals surface area (Å²) in [5.41, 5.74) is -0.388. The van der Waals surface area contributed by atoms with Crippen LogP contribution in [0, 0.1) is 23.7 Å². The summed E-state index contributed by atoms with van der Waals surface area (Å²) in [6, 6.07) is 3.47. The molecule has 0 radical (unpaired) electrons. The molecule has 37 heavy (non-hydrogen) atoms. The molecule has 4 bridgehead atoms. The molecule has 10 heteroatoms. The Kier molecular flexibility index (Phi) is 7.56. The highest BCUT2D eigenvalue weighted by atomic mass is 19.3. The number of carbonyl (C=O) groups excluding carboxylic acids is 1. The molecule has 1 amide bonds. The topological polar surface area (TPSA) is 101 Å². The average molecular weight is 522 g/mol. The molecule has 2 heterocycles. The molecular formula is C27H37F2N3O5. The van der Waals surface area contributed by atoms with Crippen molar-refractivity contribution in [1.82, 2.24) is 10.3 Å². The maximum atomic E-state index is 13.5. The fraction of sp³-hybridized carbons (Fsp3) is 0.741. The number of rotatable bonds is 10. The van der Waals surface area contributed by atoms with Crippen LogP contribution in [0.5, 0.6) is 5.88 Å². The Morgan fingerprint density at radius 2 is 2.00 bits per heavy atom. The number of ether oxygens (including phenoxy) is 2. The largest absolute Gasteiger partial charge is 0.481 e. The first-order valence-corrected chi connectivity index (χ1v) is 13.6. The van der Waals surface area contributed by atoms with Crippen molar-refractivity contribution in [3.63, 3.8) is 0 Å². The summed E-state index contributed by atoms with van der Waals surface area (Å²) in [4.78, 5) is 31.4. The molecule has 8 nitrogen and oxygen atoms in total. The lowest BCUT2D eigenvalue weighted by molar-refractivity contribution is -0.260. The van der Waals surface area contributed by atoms with Crippen LogP contribution in [-0.2, 0) is 9.53 Å². The Hall–Kier alpha value is -2.49. The minimum Gasteiger partial charge on any atom is -0.481 e. The Labute approximate surface area is 216 Å². The summed E-state index contributed by atoms with van der Waals surface area (Å²) in [5.74, 6) is 0.594. The Morgan fingerprint density at radius 3 is 2.68 bits per heavy atom. The van der Waals surface area contributed by atoms with Gasteiger partial charge in [-0.2, -0.15) is 13.8 Å². The van der Waals surface area contributed by atoms with Gasteiger partial charge in [-0.15, -0.1) is 0 Å². The number of nitrogens with zero attached hydrogens (tertiary/aromatic N) is 2. The third kappa shape index (κ3) is 5.68. The van der Waals surface area contributed by atoms with Gasteiger partial charge in [-0.25, -0.2) is 0 Å². The van der Waals surface area contributed by atoms with E-state index in [2.05, 4.69) is 15.2 Å². The number of halogens is 2. The standard InChI is InChI=1S/C27H37F2N3O5/c1-2-8-36-25-20(5-6-21(30-25)32-7-3-4-16(15-32)11-22(33)34)24(35)31-23-18-9-17-10-19(23)14-27(12-17,13-18)37-26(28)29/h5-6,16-19,23,26H,2-4,7-15H2,1H3,(H,31,35)(H,33,34)/t16-,17?,18?,19?,23-,27-/m0/s1. The van der Waals surface area contributed by atoms with Gasteiger partial charge in [-0.1, -0.05) is 6.92 Å². The van der Waals surface area contributed by atoms with E-state index in [9.17, 15) is 23.5 Å². The van der Waals surface area contributed by atoms with E-state index in [0.29, 0.717) is 49.7 Å². The number of hydrogen-bond donors (Lipinski definition) is 2. The number of piperidine rings is 1. The Bertz CT molecular complexity index is 988. The van der Waals surface area contributed by atoms with E-state index in [4.69, 9.17) is 9.47 Å². The summed E-state index contributed by atoms with van der Waals surface area (Å²) in [6.07, 6.45) is 6.30. The van der Waals surface area contributed by atoms with Crippen molar-refractivity contribution < 1.29 is 33.0 Å². The second-order valence-electron chi connectivity index (χ2n) is 11.5. The Morgan fingerprint density at radius 1 is 1.24 bits per heavy atom. The number of aliphatic carboxylic acids is 1. The number of carbonyl (C=O) groups is 2. The number of carboxylic acids is 1. The predicted octanol–water partition coefficient (Wildman–Crippen LogP) is 4.48. The molecule has 6 rings (SSSR count). The van der Waals surface area contributed by atoms with Crippen molar-refractivity contribution >= 4 is 17.7 Å². The highest BCUT2D eigenvalue weighted by molar-refractivity contribution is 5.97. The molecule has 3 atom stereocenters. The van der Waals surface area contributed by atoms with Gasteiger partial charge in [0.1, 0.15) is 11.4 Å². The van der Waals surface area contributed by atoms with E-state index in [1.54, 1.807) is 12.1 Å². The molecule has 2 unspecified atom stereocenters. The molecule has 0 aromatic carbocycles. The summed E-state index contributed by atoms with van der Waals surface area (Å²) < 4.78 is 37.3. The number of alkyl halides is 2. The molecule has 4 aliphatic carbocycles. The summed E-state index contributed by atoms with van der Waals surface area (Å²) in [7, 11) is 0. The zero-order valence-corrected chi connectivity index (χ0v) is 21.3. The van der Waals surface area contributed by atoms with Crippen LogP contribution in [0.3, 0.4) is 0 Å². The van der Waals surface area contributed by atoms with Crippen molar-refractivity contribution in [3.8, 4) is 5.88 Å². The van der Waals surface area contributed by atoms with E-state index < -0.39 is 18.2 Å². The van der Waals surface area contributed by atoms with Crippen LogP contribution in [0.4, 0.5) is 14.6 Å². The zero-order valence-electron chi connectivity index (χ0n) is 21.3. The van der Waals surface area contributed by atoms with E-state index in [1.165, 1.54) is 0 Å². The first-order valence-electron chi connectivity index (χ1n) is 13.6. The maximum Gasteiger partial charge on any atom is 0.345 e. The third-order valence-corrected chi connectivity index (χ3v) is 8.69. The van der Waals surface area contributed by atoms with E-state index in [0.717, 1.165) is 38.6 Å². The first-order chi connectivity index (χ1) is 17.7. The number of pyridine rings is 1. The van der Waals surface area contributed by atoms with Crippen molar-refractivity contribution in [1.29, 1.82) is 0 Å². The lowest BCUT2D eigenvalue weighted by Crippen LogP contribution is -2.62. The van der Waals surface area contributed by atoms with Gasteiger partial charge in [-0.3, -0.25) is 9.59 Å². The van der Waals surface area contributed by atoms with Crippen LogP contribution in [0.1, 0.15) is 75.1 Å². The normalized spacial score (nSPS) is 32.5. The quantitative estimate of drug-likeness (QED) is 0.468. The van der Waals surface area contributed by atoms with Crippen LogP contribution >= 0.6 is 0 Å². The van der Waals surface area contributed by atoms with Gasteiger partial charge in [0, 0.05) is 25.6 Å². The lowest BCUT2D eigenvalue weighted by Gasteiger charge is -2.59. The molecule has 0 spiro atoms. The molecule has 1 aromatic rings. The predicted molar refractivity (Wildman–Crippen MR) is 132 cm³/mol. The number of anilines is 1. The molecule has 2 N–H and O–H groups in total. The lowest BCUT2D eigenvalue weighted by atomic mass is 9.52. The second kappa shape index (κ2) is 10.7. The highest BCUT2D eigenvalue weighted by Crippen LogP contribution is 2.57. The second-order valence-corrected chi connectivity index (χ2v) is 11.5. The Balaban J connectivity index is 1.31. The van der Waals surface area contributed by atoms with Gasteiger partial charge in [0.25, 0.3) is 5.91 Å². The molecular weight excluding hydrogens is 484 g/mol. The van der Waals surface area contributed by atoms with Crippen molar-refractivity contribution in [2.75, 3.05) is 24.6 Å². The van der Waals surface area contributed by atoms with Gasteiger partial charge in [0.15, 0.2) is 0 Å². The van der Waals surface area contributed by atoms with E-state index in [-0.39, 0.29) is 42.0 Å². The van der Waals surface area contributed by atoms with Gasteiger partial charge in [-0.05, 0) is 87.2 Å². The number of carboxylic acid groups (broad SMARTS) is 1. The van der Waals surface area contributed by atoms with E-state index in [1.807, 2.05) is 6.92 Å². The van der Waals surface area contributed by atoms with Crippen molar-refractivity contribution in [2.45, 2.75) is 83.0 Å². The van der Waals surface area contributed by atoms with Crippen LogP contribution in [0.2, 0.25) is 0 Å². The number of nitrogens with one attached hydrogen (secondary N) is 1. The van der Waals surface area contributed by atoms with Crippen molar-refractivity contribution in [3.05, 3.63) is 17.7 Å². The minimum atomic E-state index is -2.77. The van der Waals surface area contributed by atoms with Crippen LogP contribution in [0.15, 0.2) is 12.1 Å². The van der Waals surface area contributed by atoms with E-state index >= 15 is 0 Å². The van der Waals surface area contributed by atoms with Gasteiger partial charge in [0.05, 0.1) is 12.2 Å². The van der Waals surface area contributed by atoms with Crippen molar-refractivity contribution in [2.24, 2.45) is 23.7 Å². The molecule has 1 aliphatic heterocycles. The highest BCUT2D eigenvalue weighted by Gasteiger charge is 2.57. The number of hydrogen-bond acceptors (Lipinski definition) is 6. The molecule has 5 aliphatic rings. The maximum absolute atomic E-state index is 13.5. The zero-order chi connectivity index (χ0) is 26.2. The molecule has 1 saturated heterocycles. The third-order valence-electron chi connectivity index (χ3n) is 8.69. The van der Waals surface area contributed by atoms with Gasteiger partial charge >= 0.3 is 12.6 Å². The fourth-order valence-electron chi connectivity index (χ4n) is 7.52.